The number of ether oxygens (including phenoxy) is 1. The molecule has 1 aromatic rings. The molecule has 1 aromatic carbocycles. The van der Waals surface area contributed by atoms with Gasteiger partial charge in [0.05, 0.1) is 0 Å². The van der Waals surface area contributed by atoms with Gasteiger partial charge in [-0.3, -0.25) is 4.79 Å². The van der Waals surface area contributed by atoms with Crippen LogP contribution in [0.25, 0.3) is 0 Å². The minimum absolute atomic E-state index is 0.0681. The SMILES string of the molecule is CN(CCCCCO)C(=O)C(C)(C)Oc1ccc(Cl)cc1. The second-order valence-electron chi connectivity index (χ2n) is 5.58. The topological polar surface area (TPSA) is 49.8 Å². The summed E-state index contributed by atoms with van der Waals surface area (Å²) in [6.07, 6.45) is 2.55. The van der Waals surface area contributed by atoms with Crippen LogP contribution in [0.3, 0.4) is 0 Å². The molecule has 1 N–H and O–H groups in total. The third-order valence-corrected chi connectivity index (χ3v) is 3.45. The molecule has 1 amide bonds. The molecule has 0 atom stereocenters. The molecule has 5 heteroatoms. The number of hydrogen-bond acceptors (Lipinski definition) is 3. The highest BCUT2D eigenvalue weighted by Gasteiger charge is 2.32. The van der Waals surface area contributed by atoms with Gasteiger partial charge in [-0.1, -0.05) is 11.6 Å². The van der Waals surface area contributed by atoms with Crippen molar-refractivity contribution in [3.63, 3.8) is 0 Å². The molecule has 0 radical (unpaired) electrons. The summed E-state index contributed by atoms with van der Waals surface area (Å²) in [5.74, 6) is 0.549. The van der Waals surface area contributed by atoms with E-state index in [4.69, 9.17) is 21.4 Å². The number of halogens is 1. The molecule has 0 aromatic heterocycles. The Morgan fingerprint density at radius 3 is 2.43 bits per heavy atom. The number of amides is 1. The van der Waals surface area contributed by atoms with E-state index < -0.39 is 5.60 Å². The zero-order valence-electron chi connectivity index (χ0n) is 12.9. The van der Waals surface area contributed by atoms with Gasteiger partial charge in [0.2, 0.25) is 0 Å². The van der Waals surface area contributed by atoms with Crippen LogP contribution in [-0.4, -0.2) is 41.7 Å². The van der Waals surface area contributed by atoms with E-state index in [1.165, 1.54) is 0 Å². The van der Waals surface area contributed by atoms with Gasteiger partial charge in [0.15, 0.2) is 5.60 Å². The minimum atomic E-state index is -0.931. The van der Waals surface area contributed by atoms with Crippen LogP contribution in [0.1, 0.15) is 33.1 Å². The lowest BCUT2D eigenvalue weighted by Crippen LogP contribution is -2.47. The number of unbranched alkanes of at least 4 members (excludes halogenated alkanes) is 2. The van der Waals surface area contributed by atoms with Gasteiger partial charge < -0.3 is 14.7 Å². The molecular formula is C16H24ClNO3. The van der Waals surface area contributed by atoms with Crippen LogP contribution in [0.15, 0.2) is 24.3 Å². The molecule has 0 unspecified atom stereocenters. The summed E-state index contributed by atoms with van der Waals surface area (Å²) < 4.78 is 5.78. The number of hydrogen-bond donors (Lipinski definition) is 1. The van der Waals surface area contributed by atoms with E-state index in [9.17, 15) is 4.79 Å². The third-order valence-electron chi connectivity index (χ3n) is 3.20. The van der Waals surface area contributed by atoms with Crippen molar-refractivity contribution < 1.29 is 14.6 Å². The molecule has 0 aliphatic heterocycles. The van der Waals surface area contributed by atoms with E-state index in [2.05, 4.69) is 0 Å². The Morgan fingerprint density at radius 1 is 1.24 bits per heavy atom. The molecule has 1 rings (SSSR count). The lowest BCUT2D eigenvalue weighted by Gasteiger charge is -2.30. The Morgan fingerprint density at radius 2 is 1.86 bits per heavy atom. The van der Waals surface area contributed by atoms with E-state index >= 15 is 0 Å². The lowest BCUT2D eigenvalue weighted by atomic mass is 10.1. The van der Waals surface area contributed by atoms with Crippen molar-refractivity contribution >= 4 is 17.5 Å². The molecule has 0 fully saturated rings. The first-order chi connectivity index (χ1) is 9.86. The summed E-state index contributed by atoms with van der Waals surface area (Å²) >= 11 is 5.83. The van der Waals surface area contributed by atoms with Gasteiger partial charge in [0.25, 0.3) is 5.91 Å². The fourth-order valence-electron chi connectivity index (χ4n) is 2.04. The number of aliphatic hydroxyl groups excluding tert-OH is 1. The summed E-state index contributed by atoms with van der Waals surface area (Å²) in [6, 6.07) is 6.96. The van der Waals surface area contributed by atoms with Gasteiger partial charge in [-0.15, -0.1) is 0 Å². The Hall–Kier alpha value is -1.26. The van der Waals surface area contributed by atoms with Crippen LogP contribution in [0, 0.1) is 0 Å². The van der Waals surface area contributed by atoms with E-state index in [-0.39, 0.29) is 12.5 Å². The average molecular weight is 314 g/mol. The van der Waals surface area contributed by atoms with Crippen molar-refractivity contribution in [1.82, 2.24) is 4.90 Å². The Bertz CT molecular complexity index is 445. The fraction of sp³-hybridized carbons (Fsp3) is 0.562. The Kier molecular flexibility index (Phi) is 6.99. The predicted octanol–water partition coefficient (Wildman–Crippen LogP) is 3.12. The molecule has 0 spiro atoms. The minimum Gasteiger partial charge on any atom is -0.478 e. The van der Waals surface area contributed by atoms with Crippen LogP contribution in [-0.2, 0) is 4.79 Å². The number of likely N-dealkylation sites (N-methyl/N-ethyl adjacent to an activating group) is 1. The molecule has 118 valence electrons. The average Bonchev–Trinajstić information content (AvgIpc) is 2.45. The quantitative estimate of drug-likeness (QED) is 0.750. The molecule has 0 saturated carbocycles. The highest BCUT2D eigenvalue weighted by atomic mass is 35.5. The molecule has 4 nitrogen and oxygen atoms in total. The van der Waals surface area contributed by atoms with Crippen LogP contribution in [0.2, 0.25) is 5.02 Å². The number of carbonyl (C=O) groups excluding carboxylic acids is 1. The Labute approximate surface area is 131 Å². The third kappa shape index (κ3) is 5.94. The molecule has 0 aliphatic carbocycles. The van der Waals surface area contributed by atoms with Gasteiger partial charge >= 0.3 is 0 Å². The highest BCUT2D eigenvalue weighted by Crippen LogP contribution is 2.22. The first kappa shape index (κ1) is 17.8. The number of carbonyl (C=O) groups is 1. The molecule has 0 aliphatic rings. The van der Waals surface area contributed by atoms with Gasteiger partial charge in [0.1, 0.15) is 5.75 Å². The van der Waals surface area contributed by atoms with Crippen molar-refractivity contribution in [1.29, 1.82) is 0 Å². The van der Waals surface area contributed by atoms with Crippen molar-refractivity contribution in [2.24, 2.45) is 0 Å². The lowest BCUT2D eigenvalue weighted by molar-refractivity contribution is -0.144. The molecule has 0 heterocycles. The van der Waals surface area contributed by atoms with E-state index in [1.807, 2.05) is 0 Å². The summed E-state index contributed by atoms with van der Waals surface area (Å²) in [4.78, 5) is 14.1. The Balaban J connectivity index is 2.55. The van der Waals surface area contributed by atoms with Crippen LogP contribution in [0.4, 0.5) is 0 Å². The second kappa shape index (κ2) is 8.25. The first-order valence-electron chi connectivity index (χ1n) is 7.18. The van der Waals surface area contributed by atoms with Gasteiger partial charge in [-0.05, 0) is 57.4 Å². The summed E-state index contributed by atoms with van der Waals surface area (Å²) in [6.45, 7) is 4.37. The van der Waals surface area contributed by atoms with E-state index in [0.29, 0.717) is 17.3 Å². The number of nitrogens with zero attached hydrogens (tertiary/aromatic N) is 1. The number of rotatable bonds is 8. The van der Waals surface area contributed by atoms with Crippen molar-refractivity contribution in [3.8, 4) is 5.75 Å². The van der Waals surface area contributed by atoms with Crippen LogP contribution in [0.5, 0.6) is 5.75 Å². The standard InChI is InChI=1S/C16H24ClNO3/c1-16(2,21-14-9-7-13(17)8-10-14)15(20)18(3)11-5-4-6-12-19/h7-10,19H,4-6,11-12H2,1-3H3. The molecule has 0 bridgehead atoms. The molecule has 21 heavy (non-hydrogen) atoms. The summed E-state index contributed by atoms with van der Waals surface area (Å²) in [7, 11) is 1.77. The maximum atomic E-state index is 12.4. The van der Waals surface area contributed by atoms with Crippen LogP contribution < -0.4 is 4.74 Å². The van der Waals surface area contributed by atoms with E-state index in [0.717, 1.165) is 19.3 Å². The van der Waals surface area contributed by atoms with Crippen molar-refractivity contribution in [2.75, 3.05) is 20.2 Å². The zero-order chi connectivity index (χ0) is 15.9. The monoisotopic (exact) mass is 313 g/mol. The molecular weight excluding hydrogens is 290 g/mol. The summed E-state index contributed by atoms with van der Waals surface area (Å²) in [5, 5.41) is 9.38. The highest BCUT2D eigenvalue weighted by molar-refractivity contribution is 6.30. The normalized spacial score (nSPS) is 11.3. The second-order valence-corrected chi connectivity index (χ2v) is 6.01. The van der Waals surface area contributed by atoms with Gasteiger partial charge in [0, 0.05) is 25.2 Å². The van der Waals surface area contributed by atoms with Gasteiger partial charge in [-0.2, -0.15) is 0 Å². The van der Waals surface area contributed by atoms with E-state index in [1.54, 1.807) is 50.1 Å². The maximum absolute atomic E-state index is 12.4. The van der Waals surface area contributed by atoms with Gasteiger partial charge in [-0.25, -0.2) is 0 Å². The fourth-order valence-corrected chi connectivity index (χ4v) is 2.17. The predicted molar refractivity (Wildman–Crippen MR) is 84.7 cm³/mol. The van der Waals surface area contributed by atoms with Crippen molar-refractivity contribution in [2.45, 2.75) is 38.7 Å². The van der Waals surface area contributed by atoms with Crippen molar-refractivity contribution in [3.05, 3.63) is 29.3 Å². The van der Waals surface area contributed by atoms with Crippen LogP contribution >= 0.6 is 11.6 Å². The number of aliphatic hydroxyl groups is 1. The zero-order valence-corrected chi connectivity index (χ0v) is 13.7. The summed E-state index contributed by atoms with van der Waals surface area (Å²) in [5.41, 5.74) is -0.931. The maximum Gasteiger partial charge on any atom is 0.265 e. The smallest absolute Gasteiger partial charge is 0.265 e. The first-order valence-corrected chi connectivity index (χ1v) is 7.55. The number of benzene rings is 1. The largest absolute Gasteiger partial charge is 0.478 e. The molecule has 0 saturated heterocycles.